The molecular formula is C10H11N3. The summed E-state index contributed by atoms with van der Waals surface area (Å²) in [5, 5.41) is 7.60. The van der Waals surface area contributed by atoms with Gasteiger partial charge in [0.15, 0.2) is 0 Å². The topological polar surface area (TPSA) is 30.7 Å². The lowest BCUT2D eigenvalue weighted by Gasteiger charge is -1.86. The fourth-order valence-corrected chi connectivity index (χ4v) is 0.964. The summed E-state index contributed by atoms with van der Waals surface area (Å²) in [5.74, 6) is 0. The fourth-order valence-electron chi connectivity index (χ4n) is 0.964. The third-order valence-corrected chi connectivity index (χ3v) is 1.47. The van der Waals surface area contributed by atoms with E-state index in [1.54, 1.807) is 0 Å². The number of hydrogen-bond donors (Lipinski definition) is 0. The van der Waals surface area contributed by atoms with Crippen LogP contribution in [0.15, 0.2) is 24.3 Å². The van der Waals surface area contributed by atoms with Gasteiger partial charge in [0.25, 0.3) is 0 Å². The number of benzene rings is 1. The highest BCUT2D eigenvalue weighted by Crippen LogP contribution is 2.07. The summed E-state index contributed by atoms with van der Waals surface area (Å²) in [6.07, 6.45) is 5.17. The molecule has 0 saturated carbocycles. The SMILES string of the molecule is C#Cn1nnc2ccccc21.CC. The predicted molar refractivity (Wildman–Crippen MR) is 53.1 cm³/mol. The molecule has 0 spiro atoms. The smallest absolute Gasteiger partial charge is 0.114 e. The molecule has 0 aliphatic carbocycles. The van der Waals surface area contributed by atoms with Crippen molar-refractivity contribution >= 4 is 11.0 Å². The molecule has 0 aliphatic rings. The number of aromatic nitrogens is 3. The van der Waals surface area contributed by atoms with Gasteiger partial charge in [0.2, 0.25) is 0 Å². The van der Waals surface area contributed by atoms with Gasteiger partial charge < -0.3 is 0 Å². The van der Waals surface area contributed by atoms with Crippen LogP contribution < -0.4 is 0 Å². The summed E-state index contributed by atoms with van der Waals surface area (Å²) in [7, 11) is 0. The molecule has 3 nitrogen and oxygen atoms in total. The van der Waals surface area contributed by atoms with Crippen LogP contribution in [0.2, 0.25) is 0 Å². The molecule has 0 bridgehead atoms. The van der Waals surface area contributed by atoms with Gasteiger partial charge in [-0.2, -0.15) is 4.68 Å². The largest absolute Gasteiger partial charge is 0.169 e. The first-order chi connectivity index (χ1) is 6.42. The van der Waals surface area contributed by atoms with Crippen molar-refractivity contribution in [2.45, 2.75) is 13.8 Å². The Bertz CT molecular complexity index is 423. The molecule has 0 N–H and O–H groups in total. The van der Waals surface area contributed by atoms with Gasteiger partial charge in [0.1, 0.15) is 11.0 Å². The maximum atomic E-state index is 5.17. The van der Waals surface area contributed by atoms with E-state index in [0.29, 0.717) is 0 Å². The highest BCUT2D eigenvalue weighted by molar-refractivity contribution is 5.74. The summed E-state index contributed by atoms with van der Waals surface area (Å²) in [6, 6.07) is 9.95. The zero-order chi connectivity index (χ0) is 9.68. The number of para-hydroxylation sites is 1. The minimum atomic E-state index is 0.824. The Morgan fingerprint density at radius 2 is 2.00 bits per heavy atom. The Morgan fingerprint density at radius 1 is 1.31 bits per heavy atom. The molecule has 0 amide bonds. The Kier molecular flexibility index (Phi) is 3.04. The van der Waals surface area contributed by atoms with Crippen molar-refractivity contribution in [2.24, 2.45) is 0 Å². The van der Waals surface area contributed by atoms with Crippen molar-refractivity contribution in [3.63, 3.8) is 0 Å². The first-order valence-corrected chi connectivity index (χ1v) is 4.19. The Hall–Kier alpha value is -1.82. The Labute approximate surface area is 77.4 Å². The molecule has 3 heteroatoms. The van der Waals surface area contributed by atoms with Crippen molar-refractivity contribution in [1.82, 2.24) is 15.0 Å². The van der Waals surface area contributed by atoms with E-state index >= 15 is 0 Å². The van der Waals surface area contributed by atoms with Crippen molar-refractivity contribution in [1.29, 1.82) is 0 Å². The minimum absolute atomic E-state index is 0.824. The molecule has 0 aliphatic heterocycles. The molecule has 0 saturated heterocycles. The van der Waals surface area contributed by atoms with Crippen LogP contribution in [0, 0.1) is 12.5 Å². The first-order valence-electron chi connectivity index (χ1n) is 4.19. The molecule has 2 rings (SSSR count). The lowest BCUT2D eigenvalue weighted by Crippen LogP contribution is -1.88. The van der Waals surface area contributed by atoms with E-state index in [1.807, 2.05) is 38.1 Å². The second-order valence-electron chi connectivity index (χ2n) is 2.12. The lowest BCUT2D eigenvalue weighted by atomic mass is 10.3. The molecule has 1 aromatic heterocycles. The monoisotopic (exact) mass is 173 g/mol. The average Bonchev–Trinajstić information content (AvgIpc) is 2.64. The number of fused-ring (bicyclic) bond motifs is 1. The maximum Gasteiger partial charge on any atom is 0.114 e. The Morgan fingerprint density at radius 3 is 2.69 bits per heavy atom. The molecule has 0 atom stereocenters. The van der Waals surface area contributed by atoms with Gasteiger partial charge in [-0.15, -0.1) is 5.10 Å². The maximum absolute atomic E-state index is 5.17. The summed E-state index contributed by atoms with van der Waals surface area (Å²) in [4.78, 5) is 0. The first kappa shape index (κ1) is 9.27. The van der Waals surface area contributed by atoms with Crippen molar-refractivity contribution in [3.8, 4) is 12.5 Å². The molecule has 13 heavy (non-hydrogen) atoms. The lowest BCUT2D eigenvalue weighted by molar-refractivity contribution is 0.849. The molecule has 2 aromatic rings. The molecule has 66 valence electrons. The van der Waals surface area contributed by atoms with Gasteiger partial charge in [-0.25, -0.2) is 0 Å². The summed E-state index contributed by atoms with van der Waals surface area (Å²) >= 11 is 0. The van der Waals surface area contributed by atoms with E-state index in [1.165, 1.54) is 4.68 Å². The standard InChI is InChI=1S/C8H5N3.C2H6/c1-2-11-8-6-4-3-5-7(8)9-10-11;1-2/h1,3-6H;1-2H3. The van der Waals surface area contributed by atoms with Crippen LogP contribution in [0.3, 0.4) is 0 Å². The van der Waals surface area contributed by atoms with Gasteiger partial charge in [0, 0.05) is 6.04 Å². The van der Waals surface area contributed by atoms with E-state index in [0.717, 1.165) is 11.0 Å². The molecule has 0 fully saturated rings. The highest BCUT2D eigenvalue weighted by atomic mass is 15.4. The summed E-state index contributed by atoms with van der Waals surface area (Å²) in [6.45, 7) is 4.00. The minimum Gasteiger partial charge on any atom is -0.169 e. The molecule has 1 heterocycles. The van der Waals surface area contributed by atoms with E-state index in [9.17, 15) is 0 Å². The van der Waals surface area contributed by atoms with Gasteiger partial charge in [-0.1, -0.05) is 37.6 Å². The molecular weight excluding hydrogens is 162 g/mol. The number of rotatable bonds is 0. The van der Waals surface area contributed by atoms with Crippen LogP contribution in [0.5, 0.6) is 0 Å². The fraction of sp³-hybridized carbons (Fsp3) is 0.200. The second kappa shape index (κ2) is 4.27. The summed E-state index contributed by atoms with van der Waals surface area (Å²) in [5.41, 5.74) is 1.69. The van der Waals surface area contributed by atoms with Crippen molar-refractivity contribution in [2.75, 3.05) is 0 Å². The predicted octanol–water partition coefficient (Wildman–Crippen LogP) is 1.90. The number of hydrogen-bond acceptors (Lipinski definition) is 2. The van der Waals surface area contributed by atoms with Crippen molar-refractivity contribution in [3.05, 3.63) is 24.3 Å². The molecule has 0 unspecified atom stereocenters. The number of terminal acetylenes is 1. The van der Waals surface area contributed by atoms with Gasteiger partial charge in [0.05, 0.1) is 0 Å². The highest BCUT2D eigenvalue weighted by Gasteiger charge is 1.98. The molecule has 0 radical (unpaired) electrons. The quantitative estimate of drug-likeness (QED) is 0.569. The van der Waals surface area contributed by atoms with Crippen molar-refractivity contribution < 1.29 is 0 Å². The molecule has 1 aromatic carbocycles. The van der Waals surface area contributed by atoms with Crippen LogP contribution in [0.25, 0.3) is 11.0 Å². The van der Waals surface area contributed by atoms with Crippen LogP contribution in [-0.2, 0) is 0 Å². The van der Waals surface area contributed by atoms with Gasteiger partial charge in [-0.3, -0.25) is 0 Å². The van der Waals surface area contributed by atoms with E-state index in [-0.39, 0.29) is 0 Å². The van der Waals surface area contributed by atoms with Gasteiger partial charge in [-0.05, 0) is 12.1 Å². The zero-order valence-corrected chi connectivity index (χ0v) is 7.73. The number of nitrogens with zero attached hydrogens (tertiary/aromatic N) is 3. The third kappa shape index (κ3) is 1.67. The van der Waals surface area contributed by atoms with Crippen LogP contribution in [0.4, 0.5) is 0 Å². The van der Waals surface area contributed by atoms with E-state index < -0.39 is 0 Å². The normalized spacial score (nSPS) is 8.69. The van der Waals surface area contributed by atoms with Crippen LogP contribution in [-0.4, -0.2) is 15.0 Å². The van der Waals surface area contributed by atoms with E-state index in [2.05, 4.69) is 16.4 Å². The zero-order valence-electron chi connectivity index (χ0n) is 7.73. The van der Waals surface area contributed by atoms with Gasteiger partial charge >= 0.3 is 0 Å². The summed E-state index contributed by atoms with van der Waals surface area (Å²) < 4.78 is 1.41. The Balaban J connectivity index is 0.000000396. The van der Waals surface area contributed by atoms with E-state index in [4.69, 9.17) is 6.42 Å². The second-order valence-corrected chi connectivity index (χ2v) is 2.12. The van der Waals surface area contributed by atoms with Crippen LogP contribution >= 0.6 is 0 Å². The third-order valence-electron chi connectivity index (χ3n) is 1.47. The average molecular weight is 173 g/mol. The van der Waals surface area contributed by atoms with Crippen LogP contribution in [0.1, 0.15) is 13.8 Å².